The van der Waals surface area contributed by atoms with Gasteiger partial charge in [0.1, 0.15) is 17.7 Å². The van der Waals surface area contributed by atoms with Crippen molar-refractivity contribution in [2.24, 2.45) is 0 Å². The second kappa shape index (κ2) is 8.40. The summed E-state index contributed by atoms with van der Waals surface area (Å²) in [4.78, 5) is 22.9. The number of imidazole rings is 1. The zero-order valence-electron chi connectivity index (χ0n) is 18.2. The molecule has 1 aromatic carbocycles. The second-order valence-corrected chi connectivity index (χ2v) is 10.4. The first-order valence-electron chi connectivity index (χ1n) is 10.5. The Bertz CT molecular complexity index is 1430. The molecule has 1 saturated heterocycles. The normalized spacial score (nSPS) is 16.4. The van der Waals surface area contributed by atoms with Gasteiger partial charge in [0.25, 0.3) is 0 Å². The number of hydrogen-bond acceptors (Lipinski definition) is 8. The molecular weight excluding hydrogens is 464 g/mol. The Morgan fingerprint density at radius 3 is 2.70 bits per heavy atom. The summed E-state index contributed by atoms with van der Waals surface area (Å²) >= 11 is 6.58. The Labute approximate surface area is 196 Å². The molecule has 0 aliphatic carbocycles. The van der Waals surface area contributed by atoms with Crippen molar-refractivity contribution in [1.29, 1.82) is 0 Å². The van der Waals surface area contributed by atoms with Gasteiger partial charge < -0.3 is 15.2 Å². The van der Waals surface area contributed by atoms with Crippen molar-refractivity contribution >= 4 is 55.2 Å². The highest BCUT2D eigenvalue weighted by atomic mass is 35.5. The van der Waals surface area contributed by atoms with Crippen molar-refractivity contribution in [1.82, 2.24) is 29.2 Å². The van der Waals surface area contributed by atoms with Crippen LogP contribution in [0.4, 0.5) is 11.6 Å². The molecule has 3 aromatic heterocycles. The van der Waals surface area contributed by atoms with E-state index < -0.39 is 10.0 Å². The topological polar surface area (TPSA) is 120 Å². The van der Waals surface area contributed by atoms with E-state index in [9.17, 15) is 8.42 Å². The van der Waals surface area contributed by atoms with E-state index in [0.29, 0.717) is 48.2 Å². The number of hydrogen-bond donors (Lipinski definition) is 2. The minimum Gasteiger partial charge on any atom is -0.360 e. The summed E-state index contributed by atoms with van der Waals surface area (Å²) in [5.41, 5.74) is 2.13. The quantitative estimate of drug-likeness (QED) is 0.442. The number of fused-ring (bicyclic) bond motifs is 2. The SMILES string of the molecule is C[C@@H](Nc1ncnc2[nH]cnc12)c1cc2cccc(Cl)c2c(N2CCN(S(C)(=O)=O)CC2)n1. The van der Waals surface area contributed by atoms with Crippen molar-refractivity contribution in [2.75, 3.05) is 42.7 Å². The van der Waals surface area contributed by atoms with Gasteiger partial charge in [-0.25, -0.2) is 28.4 Å². The van der Waals surface area contributed by atoms with Crippen LogP contribution in [0.25, 0.3) is 21.9 Å². The number of pyridine rings is 1. The van der Waals surface area contributed by atoms with Crippen molar-refractivity contribution in [2.45, 2.75) is 13.0 Å². The molecule has 0 spiro atoms. The van der Waals surface area contributed by atoms with Crippen LogP contribution in [0.2, 0.25) is 5.02 Å². The van der Waals surface area contributed by atoms with E-state index in [4.69, 9.17) is 16.6 Å². The molecule has 0 radical (unpaired) electrons. The van der Waals surface area contributed by atoms with E-state index in [-0.39, 0.29) is 6.04 Å². The summed E-state index contributed by atoms with van der Waals surface area (Å²) in [5, 5.41) is 5.83. The van der Waals surface area contributed by atoms with Crippen LogP contribution >= 0.6 is 11.6 Å². The molecular formula is C21H23ClN8O2S. The fourth-order valence-corrected chi connectivity index (χ4v) is 5.19. The second-order valence-electron chi connectivity index (χ2n) is 8.05. The number of anilines is 2. The zero-order chi connectivity index (χ0) is 23.2. The maximum absolute atomic E-state index is 11.9. The number of aromatic amines is 1. The predicted octanol–water partition coefficient (Wildman–Crippen LogP) is 2.81. The molecule has 0 bridgehead atoms. The van der Waals surface area contributed by atoms with Gasteiger partial charge in [-0.3, -0.25) is 0 Å². The molecule has 0 unspecified atom stereocenters. The van der Waals surface area contributed by atoms with E-state index in [1.807, 2.05) is 31.2 Å². The summed E-state index contributed by atoms with van der Waals surface area (Å²) in [7, 11) is -3.22. The molecule has 10 nitrogen and oxygen atoms in total. The number of nitrogens with one attached hydrogen (secondary N) is 2. The highest BCUT2D eigenvalue weighted by Gasteiger charge is 2.26. The van der Waals surface area contributed by atoms with Crippen molar-refractivity contribution in [3.05, 3.63) is 47.6 Å². The lowest BCUT2D eigenvalue weighted by molar-refractivity contribution is 0.387. The van der Waals surface area contributed by atoms with Crippen LogP contribution in [0.3, 0.4) is 0 Å². The van der Waals surface area contributed by atoms with Crippen LogP contribution in [-0.4, -0.2) is 70.1 Å². The lowest BCUT2D eigenvalue weighted by Crippen LogP contribution is -2.48. The monoisotopic (exact) mass is 486 g/mol. The predicted molar refractivity (Wildman–Crippen MR) is 129 cm³/mol. The highest BCUT2D eigenvalue weighted by molar-refractivity contribution is 7.88. The Hall–Kier alpha value is -3.02. The van der Waals surface area contributed by atoms with Crippen LogP contribution in [0, 0.1) is 0 Å². The molecule has 1 fully saturated rings. The van der Waals surface area contributed by atoms with E-state index in [1.165, 1.54) is 16.9 Å². The summed E-state index contributed by atoms with van der Waals surface area (Å²) in [6.45, 7) is 3.88. The number of halogens is 1. The molecule has 0 amide bonds. The van der Waals surface area contributed by atoms with E-state index in [2.05, 4.69) is 30.2 Å². The Morgan fingerprint density at radius 1 is 1.15 bits per heavy atom. The fourth-order valence-electron chi connectivity index (χ4n) is 4.10. The van der Waals surface area contributed by atoms with Crippen LogP contribution in [0.1, 0.15) is 18.7 Å². The third-order valence-electron chi connectivity index (χ3n) is 5.83. The van der Waals surface area contributed by atoms with Gasteiger partial charge in [0, 0.05) is 31.6 Å². The number of piperazine rings is 1. The van der Waals surface area contributed by atoms with Gasteiger partial charge in [-0.05, 0) is 24.4 Å². The average molecular weight is 487 g/mol. The molecule has 4 aromatic rings. The molecule has 33 heavy (non-hydrogen) atoms. The molecule has 172 valence electrons. The third-order valence-corrected chi connectivity index (χ3v) is 7.45. The first-order valence-corrected chi connectivity index (χ1v) is 12.7. The van der Waals surface area contributed by atoms with E-state index in [1.54, 1.807) is 6.33 Å². The maximum atomic E-state index is 11.9. The lowest BCUT2D eigenvalue weighted by atomic mass is 10.1. The van der Waals surface area contributed by atoms with Gasteiger partial charge in [-0.15, -0.1) is 0 Å². The zero-order valence-corrected chi connectivity index (χ0v) is 19.7. The standard InChI is InChI=1S/C21H23ClN8O2S/c1-13(27-20-18-19(24-11-23-18)25-12-26-20)16-10-14-4-3-5-15(22)17(14)21(28-16)29-6-8-30(9-7-29)33(2,31)32/h3-5,10-13H,6-9H2,1-2H3,(H2,23,24,25,26,27)/t13-/m1/s1. The van der Waals surface area contributed by atoms with Crippen LogP contribution in [-0.2, 0) is 10.0 Å². The number of H-pyrrole nitrogens is 1. The van der Waals surface area contributed by atoms with Crippen molar-refractivity contribution in [3.8, 4) is 0 Å². The first-order chi connectivity index (χ1) is 15.8. The number of sulfonamides is 1. The summed E-state index contributed by atoms with van der Waals surface area (Å²) in [6, 6.07) is 7.59. The Kier molecular flexibility index (Phi) is 5.55. The Morgan fingerprint density at radius 2 is 1.94 bits per heavy atom. The van der Waals surface area contributed by atoms with Crippen molar-refractivity contribution in [3.63, 3.8) is 0 Å². The van der Waals surface area contributed by atoms with Crippen LogP contribution in [0.5, 0.6) is 0 Å². The molecule has 1 aliphatic heterocycles. The molecule has 4 heterocycles. The third kappa shape index (κ3) is 4.19. The Balaban J connectivity index is 1.51. The minimum atomic E-state index is -3.22. The number of rotatable bonds is 5. The number of aromatic nitrogens is 5. The number of nitrogens with zero attached hydrogens (tertiary/aromatic N) is 6. The molecule has 1 aliphatic rings. The van der Waals surface area contributed by atoms with Gasteiger partial charge >= 0.3 is 0 Å². The van der Waals surface area contributed by atoms with Crippen LogP contribution < -0.4 is 10.2 Å². The fraction of sp³-hybridized carbons (Fsp3) is 0.333. The largest absolute Gasteiger partial charge is 0.360 e. The van der Waals surface area contributed by atoms with Gasteiger partial charge in [0.15, 0.2) is 11.5 Å². The van der Waals surface area contributed by atoms with E-state index >= 15 is 0 Å². The van der Waals surface area contributed by atoms with Gasteiger partial charge in [-0.1, -0.05) is 23.7 Å². The van der Waals surface area contributed by atoms with Gasteiger partial charge in [-0.2, -0.15) is 4.31 Å². The molecule has 1 atom stereocenters. The maximum Gasteiger partial charge on any atom is 0.211 e. The smallest absolute Gasteiger partial charge is 0.211 e. The van der Waals surface area contributed by atoms with Crippen molar-refractivity contribution < 1.29 is 8.42 Å². The molecule has 12 heteroatoms. The summed E-state index contributed by atoms with van der Waals surface area (Å²) in [5.74, 6) is 1.37. The minimum absolute atomic E-state index is 0.181. The molecule has 0 saturated carbocycles. The molecule has 5 rings (SSSR count). The van der Waals surface area contributed by atoms with E-state index in [0.717, 1.165) is 22.3 Å². The average Bonchev–Trinajstić information content (AvgIpc) is 3.28. The highest BCUT2D eigenvalue weighted by Crippen LogP contribution is 2.34. The lowest BCUT2D eigenvalue weighted by Gasteiger charge is -2.35. The van der Waals surface area contributed by atoms with Gasteiger partial charge in [0.05, 0.1) is 29.3 Å². The van der Waals surface area contributed by atoms with Gasteiger partial charge in [0.2, 0.25) is 10.0 Å². The van der Waals surface area contributed by atoms with Crippen LogP contribution in [0.15, 0.2) is 36.9 Å². The summed E-state index contributed by atoms with van der Waals surface area (Å²) in [6.07, 6.45) is 4.31. The number of benzene rings is 1. The first kappa shape index (κ1) is 21.8. The molecule has 2 N–H and O–H groups in total. The summed E-state index contributed by atoms with van der Waals surface area (Å²) < 4.78 is 25.4.